The highest BCUT2D eigenvalue weighted by Gasteiger charge is 2.25. The quantitative estimate of drug-likeness (QED) is 0.545. The molecule has 10 nitrogen and oxygen atoms in total. The maximum absolute atomic E-state index is 12.0. The number of rotatable bonds is 3. The Hall–Kier alpha value is -2.30. The summed E-state index contributed by atoms with van der Waals surface area (Å²) in [6.07, 6.45) is 0.666. The van der Waals surface area contributed by atoms with E-state index in [0.717, 1.165) is 0 Å². The van der Waals surface area contributed by atoms with Crippen LogP contribution in [0.3, 0.4) is 0 Å². The maximum atomic E-state index is 12.0. The van der Waals surface area contributed by atoms with Gasteiger partial charge in [0.1, 0.15) is 6.23 Å². The molecular formula is C12H16N6O4. The number of fused-ring (bicyclic) bond motifs is 1. The van der Waals surface area contributed by atoms with Crippen LogP contribution in [0.25, 0.3) is 11.2 Å². The van der Waals surface area contributed by atoms with Crippen molar-refractivity contribution in [2.24, 2.45) is 0 Å². The van der Waals surface area contributed by atoms with Gasteiger partial charge in [-0.3, -0.25) is 24.5 Å². The predicted molar refractivity (Wildman–Crippen MR) is 76.3 cm³/mol. The van der Waals surface area contributed by atoms with E-state index in [2.05, 4.69) is 25.6 Å². The van der Waals surface area contributed by atoms with E-state index in [4.69, 9.17) is 4.74 Å². The molecule has 0 bridgehead atoms. The summed E-state index contributed by atoms with van der Waals surface area (Å²) in [5.74, 6) is -0.293. The van der Waals surface area contributed by atoms with Crippen LogP contribution in [0, 0.1) is 0 Å². The zero-order valence-corrected chi connectivity index (χ0v) is 11.9. The molecule has 1 aliphatic rings. The van der Waals surface area contributed by atoms with E-state index in [1.807, 2.05) is 0 Å². The molecule has 1 amide bonds. The Morgan fingerprint density at radius 1 is 1.59 bits per heavy atom. The number of nitrogens with one attached hydrogen (secondary N) is 3. The van der Waals surface area contributed by atoms with Gasteiger partial charge in [-0.25, -0.2) is 4.98 Å². The van der Waals surface area contributed by atoms with E-state index >= 15 is 0 Å². The Balaban J connectivity index is 2.01. The molecule has 0 radical (unpaired) electrons. The Morgan fingerprint density at radius 2 is 2.41 bits per heavy atom. The summed E-state index contributed by atoms with van der Waals surface area (Å²) in [5.41, 5.74) is 0.0108. The average Bonchev–Trinajstić information content (AvgIpc) is 2.91. The topological polar surface area (TPSA) is 134 Å². The minimum absolute atomic E-state index is 0.0502. The number of carbonyl (C=O) groups excluding carboxylic acids is 1. The largest absolute Gasteiger partial charge is 0.394 e. The van der Waals surface area contributed by atoms with E-state index in [-0.39, 0.29) is 30.1 Å². The lowest BCUT2D eigenvalue weighted by molar-refractivity contribution is -0.114. The van der Waals surface area contributed by atoms with Gasteiger partial charge in [-0.1, -0.05) is 0 Å². The highest BCUT2D eigenvalue weighted by Crippen LogP contribution is 2.19. The Kier molecular flexibility index (Phi) is 3.88. The summed E-state index contributed by atoms with van der Waals surface area (Å²) in [7, 11) is 0. The number of H-pyrrole nitrogens is 1. The summed E-state index contributed by atoms with van der Waals surface area (Å²) in [6.45, 7) is 2.25. The van der Waals surface area contributed by atoms with Gasteiger partial charge in [0.05, 0.1) is 19.0 Å². The average molecular weight is 308 g/mol. The van der Waals surface area contributed by atoms with Crippen LogP contribution in [-0.4, -0.2) is 56.3 Å². The SMILES string of the molecule is CC(=O)Nc1nc2c(ncn2C2CNCC(CO)O2)c(=O)[nH]1. The minimum atomic E-state index is -0.449. The predicted octanol–water partition coefficient (Wildman–Crippen LogP) is -1.44. The summed E-state index contributed by atoms with van der Waals surface area (Å²) in [4.78, 5) is 33.8. The van der Waals surface area contributed by atoms with Crippen LogP contribution in [0.15, 0.2) is 11.1 Å². The van der Waals surface area contributed by atoms with E-state index < -0.39 is 11.8 Å². The molecule has 1 saturated heterocycles. The number of carbonyl (C=O) groups is 1. The van der Waals surface area contributed by atoms with E-state index in [0.29, 0.717) is 18.7 Å². The maximum Gasteiger partial charge on any atom is 0.280 e. The fourth-order valence-electron chi connectivity index (χ4n) is 2.32. The van der Waals surface area contributed by atoms with Crippen molar-refractivity contribution in [1.82, 2.24) is 24.8 Å². The number of aromatic amines is 1. The minimum Gasteiger partial charge on any atom is -0.394 e. The van der Waals surface area contributed by atoms with Gasteiger partial charge in [-0.2, -0.15) is 4.98 Å². The zero-order chi connectivity index (χ0) is 15.7. The van der Waals surface area contributed by atoms with Crippen molar-refractivity contribution < 1.29 is 14.6 Å². The summed E-state index contributed by atoms with van der Waals surface area (Å²) in [6, 6.07) is 0. The molecule has 0 spiro atoms. The third-order valence-electron chi connectivity index (χ3n) is 3.28. The van der Waals surface area contributed by atoms with Crippen molar-refractivity contribution in [2.75, 3.05) is 25.0 Å². The van der Waals surface area contributed by atoms with Crippen LogP contribution >= 0.6 is 0 Å². The van der Waals surface area contributed by atoms with Crippen molar-refractivity contribution in [2.45, 2.75) is 19.3 Å². The first kappa shape index (κ1) is 14.6. The van der Waals surface area contributed by atoms with Gasteiger partial charge in [0.2, 0.25) is 11.9 Å². The zero-order valence-electron chi connectivity index (χ0n) is 11.9. The number of aromatic nitrogens is 4. The van der Waals surface area contributed by atoms with Crippen LogP contribution < -0.4 is 16.2 Å². The van der Waals surface area contributed by atoms with E-state index in [9.17, 15) is 14.7 Å². The fourth-order valence-corrected chi connectivity index (χ4v) is 2.32. The van der Waals surface area contributed by atoms with Crippen LogP contribution in [0.4, 0.5) is 5.95 Å². The molecule has 10 heteroatoms. The first-order valence-corrected chi connectivity index (χ1v) is 6.80. The molecule has 1 fully saturated rings. The van der Waals surface area contributed by atoms with E-state index in [1.54, 1.807) is 4.57 Å². The lowest BCUT2D eigenvalue weighted by atomic mass is 10.3. The normalized spacial score (nSPS) is 21.9. The number of aliphatic hydroxyl groups is 1. The lowest BCUT2D eigenvalue weighted by Crippen LogP contribution is -2.44. The Bertz CT molecular complexity index is 754. The number of imidazole rings is 1. The second kappa shape index (κ2) is 5.83. The number of nitrogens with zero attached hydrogens (tertiary/aromatic N) is 3. The van der Waals surface area contributed by atoms with Gasteiger partial charge >= 0.3 is 0 Å². The van der Waals surface area contributed by atoms with Gasteiger partial charge < -0.3 is 15.2 Å². The van der Waals surface area contributed by atoms with Crippen LogP contribution in [0.1, 0.15) is 13.2 Å². The Labute approximate surface area is 124 Å². The van der Waals surface area contributed by atoms with Crippen LogP contribution in [-0.2, 0) is 9.53 Å². The number of anilines is 1. The van der Waals surface area contributed by atoms with Gasteiger partial charge in [0, 0.05) is 20.0 Å². The molecule has 4 N–H and O–H groups in total. The smallest absolute Gasteiger partial charge is 0.280 e. The number of ether oxygens (including phenoxy) is 1. The van der Waals surface area contributed by atoms with Gasteiger partial charge in [0.25, 0.3) is 5.56 Å². The molecule has 118 valence electrons. The Morgan fingerprint density at radius 3 is 3.14 bits per heavy atom. The van der Waals surface area contributed by atoms with Crippen molar-refractivity contribution in [1.29, 1.82) is 0 Å². The van der Waals surface area contributed by atoms with Crippen LogP contribution in [0.2, 0.25) is 0 Å². The van der Waals surface area contributed by atoms with Crippen molar-refractivity contribution >= 4 is 23.0 Å². The first-order chi connectivity index (χ1) is 10.6. The van der Waals surface area contributed by atoms with Crippen molar-refractivity contribution in [3.63, 3.8) is 0 Å². The van der Waals surface area contributed by atoms with Crippen LogP contribution in [0.5, 0.6) is 0 Å². The summed E-state index contributed by atoms with van der Waals surface area (Å²) >= 11 is 0. The summed E-state index contributed by atoms with van der Waals surface area (Å²) in [5, 5.41) is 14.8. The van der Waals surface area contributed by atoms with Crippen molar-refractivity contribution in [3.05, 3.63) is 16.7 Å². The molecule has 3 heterocycles. The lowest BCUT2D eigenvalue weighted by Gasteiger charge is -2.30. The number of hydrogen-bond donors (Lipinski definition) is 4. The highest BCUT2D eigenvalue weighted by molar-refractivity contribution is 5.87. The van der Waals surface area contributed by atoms with E-state index in [1.165, 1.54) is 13.3 Å². The highest BCUT2D eigenvalue weighted by atomic mass is 16.5. The molecule has 2 aromatic rings. The third-order valence-corrected chi connectivity index (χ3v) is 3.28. The van der Waals surface area contributed by atoms with Gasteiger partial charge in [-0.15, -0.1) is 0 Å². The molecule has 0 aromatic carbocycles. The number of aliphatic hydroxyl groups excluding tert-OH is 1. The number of amides is 1. The fraction of sp³-hybridized carbons (Fsp3) is 0.500. The second-order valence-electron chi connectivity index (χ2n) is 4.97. The molecule has 2 aromatic heterocycles. The molecule has 0 saturated carbocycles. The summed E-state index contributed by atoms with van der Waals surface area (Å²) < 4.78 is 7.32. The molecule has 0 aliphatic carbocycles. The van der Waals surface area contributed by atoms with Crippen molar-refractivity contribution in [3.8, 4) is 0 Å². The standard InChI is InChI=1S/C12H16N6O4/c1-6(20)15-12-16-10-9(11(21)17-12)14-5-18(10)8-3-13-2-7(4-19)22-8/h5,7-8,13,19H,2-4H2,1H3,(H2,15,16,17,20,21). The van der Waals surface area contributed by atoms with Gasteiger partial charge in [-0.05, 0) is 0 Å². The molecule has 3 rings (SSSR count). The molecule has 2 atom stereocenters. The third kappa shape index (κ3) is 2.71. The molecule has 1 aliphatic heterocycles. The first-order valence-electron chi connectivity index (χ1n) is 6.80. The monoisotopic (exact) mass is 308 g/mol. The molecule has 2 unspecified atom stereocenters. The van der Waals surface area contributed by atoms with Gasteiger partial charge in [0.15, 0.2) is 11.2 Å². The number of hydrogen-bond acceptors (Lipinski definition) is 7. The molecular weight excluding hydrogens is 292 g/mol. The molecule has 22 heavy (non-hydrogen) atoms. The number of morpholine rings is 1. The second-order valence-corrected chi connectivity index (χ2v) is 4.97.